The fourth-order valence-electron chi connectivity index (χ4n) is 1.73. The molecule has 2 nitrogen and oxygen atoms in total. The van der Waals surface area contributed by atoms with Crippen LogP contribution in [-0.2, 0) is 6.42 Å². The van der Waals surface area contributed by atoms with Gasteiger partial charge in [-0.1, -0.05) is 30.1 Å². The summed E-state index contributed by atoms with van der Waals surface area (Å²) in [6.07, 6.45) is 2.12. The largest absolute Gasteiger partial charge is 0.315 e. The molecule has 4 heteroatoms. The first-order valence-corrected chi connectivity index (χ1v) is 7.22. The molecule has 1 aromatic rings. The Morgan fingerprint density at radius 3 is 2.67 bits per heavy atom. The summed E-state index contributed by atoms with van der Waals surface area (Å²) in [5.41, 5.74) is 1.12. The van der Waals surface area contributed by atoms with Gasteiger partial charge in [-0.3, -0.25) is 0 Å². The number of hydrogen-bond acceptors (Lipinski definition) is 2. The minimum Gasteiger partial charge on any atom is -0.315 e. The molecule has 0 amide bonds. The molecule has 0 aliphatic heterocycles. The van der Waals surface area contributed by atoms with Crippen molar-refractivity contribution in [3.05, 3.63) is 33.8 Å². The molecule has 0 atom stereocenters. The molecule has 0 heterocycles. The van der Waals surface area contributed by atoms with Crippen LogP contribution in [0.25, 0.3) is 0 Å². The average molecular weight is 289 g/mol. The normalized spacial score (nSPS) is 11.2. The van der Waals surface area contributed by atoms with E-state index in [2.05, 4.69) is 24.2 Å². The van der Waals surface area contributed by atoms with Crippen molar-refractivity contribution in [3.8, 4) is 0 Å². The lowest BCUT2D eigenvalue weighted by Crippen LogP contribution is -2.31. The standard InChI is InChI=1S/C14H22Cl2N2/c1-3-7-17-8-10-18(2)9-6-12-11-13(15)4-5-14(12)16/h4-5,11,17H,3,6-10H2,1-2H3. The first kappa shape index (κ1) is 15.8. The summed E-state index contributed by atoms with van der Waals surface area (Å²) in [5.74, 6) is 0. The van der Waals surface area contributed by atoms with E-state index >= 15 is 0 Å². The van der Waals surface area contributed by atoms with Crippen molar-refractivity contribution in [1.82, 2.24) is 10.2 Å². The van der Waals surface area contributed by atoms with Crippen LogP contribution in [0.2, 0.25) is 10.0 Å². The second kappa shape index (κ2) is 8.76. The zero-order valence-corrected chi connectivity index (χ0v) is 12.7. The molecule has 18 heavy (non-hydrogen) atoms. The van der Waals surface area contributed by atoms with Gasteiger partial charge < -0.3 is 10.2 Å². The van der Waals surface area contributed by atoms with E-state index in [9.17, 15) is 0 Å². The molecule has 1 aromatic carbocycles. The summed E-state index contributed by atoms with van der Waals surface area (Å²) in [5, 5.41) is 4.95. The van der Waals surface area contributed by atoms with Gasteiger partial charge in [-0.2, -0.15) is 0 Å². The number of nitrogens with zero attached hydrogens (tertiary/aromatic N) is 1. The molecular formula is C14H22Cl2N2. The minimum atomic E-state index is 0.752. The zero-order chi connectivity index (χ0) is 13.4. The first-order valence-electron chi connectivity index (χ1n) is 6.46. The zero-order valence-electron chi connectivity index (χ0n) is 11.2. The first-order chi connectivity index (χ1) is 8.63. The Kier molecular flexibility index (Phi) is 7.68. The predicted octanol–water partition coefficient (Wildman–Crippen LogP) is 3.47. The van der Waals surface area contributed by atoms with Crippen LogP contribution >= 0.6 is 23.2 Å². The molecule has 0 fully saturated rings. The van der Waals surface area contributed by atoms with Crippen LogP contribution in [0, 0.1) is 0 Å². The summed E-state index contributed by atoms with van der Waals surface area (Å²) in [7, 11) is 2.13. The molecule has 0 spiro atoms. The van der Waals surface area contributed by atoms with Crippen molar-refractivity contribution in [2.45, 2.75) is 19.8 Å². The van der Waals surface area contributed by atoms with Crippen molar-refractivity contribution in [2.75, 3.05) is 33.2 Å². The molecule has 0 aromatic heterocycles. The van der Waals surface area contributed by atoms with Gasteiger partial charge in [-0.15, -0.1) is 0 Å². The molecule has 0 bridgehead atoms. The Labute approximate surface area is 120 Å². The van der Waals surface area contributed by atoms with Gasteiger partial charge in [0.05, 0.1) is 0 Å². The SMILES string of the molecule is CCCNCCN(C)CCc1cc(Cl)ccc1Cl. The third-order valence-electron chi connectivity index (χ3n) is 2.87. The summed E-state index contributed by atoms with van der Waals surface area (Å²) >= 11 is 12.1. The number of benzene rings is 1. The van der Waals surface area contributed by atoms with Gasteiger partial charge in [0, 0.05) is 29.7 Å². The highest BCUT2D eigenvalue weighted by atomic mass is 35.5. The van der Waals surface area contributed by atoms with Crippen LogP contribution in [-0.4, -0.2) is 38.1 Å². The second-order valence-electron chi connectivity index (χ2n) is 4.54. The molecule has 0 radical (unpaired) electrons. The lowest BCUT2D eigenvalue weighted by Gasteiger charge is -2.17. The third-order valence-corrected chi connectivity index (χ3v) is 3.47. The van der Waals surface area contributed by atoms with Gasteiger partial charge in [0.2, 0.25) is 0 Å². The van der Waals surface area contributed by atoms with Crippen LogP contribution in [0.1, 0.15) is 18.9 Å². The average Bonchev–Trinajstić information content (AvgIpc) is 2.36. The van der Waals surface area contributed by atoms with Gasteiger partial charge in [-0.05, 0) is 50.2 Å². The molecule has 1 rings (SSSR count). The van der Waals surface area contributed by atoms with Crippen LogP contribution in [0.4, 0.5) is 0 Å². The molecule has 0 saturated heterocycles. The number of likely N-dealkylation sites (N-methyl/N-ethyl adjacent to an activating group) is 1. The van der Waals surface area contributed by atoms with E-state index in [-0.39, 0.29) is 0 Å². The molecular weight excluding hydrogens is 267 g/mol. The topological polar surface area (TPSA) is 15.3 Å². The van der Waals surface area contributed by atoms with E-state index in [0.717, 1.165) is 48.2 Å². The molecule has 0 saturated carbocycles. The molecule has 0 aliphatic rings. The predicted molar refractivity (Wildman–Crippen MR) is 80.8 cm³/mol. The maximum Gasteiger partial charge on any atom is 0.0439 e. The van der Waals surface area contributed by atoms with E-state index in [1.54, 1.807) is 0 Å². The van der Waals surface area contributed by atoms with Gasteiger partial charge >= 0.3 is 0 Å². The smallest absolute Gasteiger partial charge is 0.0439 e. The van der Waals surface area contributed by atoms with Crippen LogP contribution in [0.5, 0.6) is 0 Å². The number of nitrogens with one attached hydrogen (secondary N) is 1. The Morgan fingerprint density at radius 1 is 1.17 bits per heavy atom. The van der Waals surface area contributed by atoms with Crippen LogP contribution < -0.4 is 5.32 Å². The summed E-state index contributed by atoms with van der Waals surface area (Å²) < 4.78 is 0. The fourth-order valence-corrected chi connectivity index (χ4v) is 2.14. The van der Waals surface area contributed by atoms with Gasteiger partial charge in [0.1, 0.15) is 0 Å². The second-order valence-corrected chi connectivity index (χ2v) is 5.38. The van der Waals surface area contributed by atoms with Gasteiger partial charge in [0.25, 0.3) is 0 Å². The third kappa shape index (κ3) is 6.05. The highest BCUT2D eigenvalue weighted by Crippen LogP contribution is 2.21. The lowest BCUT2D eigenvalue weighted by atomic mass is 10.1. The number of rotatable bonds is 8. The highest BCUT2D eigenvalue weighted by molar-refractivity contribution is 6.33. The monoisotopic (exact) mass is 288 g/mol. The van der Waals surface area contributed by atoms with Crippen molar-refractivity contribution in [2.24, 2.45) is 0 Å². The summed E-state index contributed by atoms with van der Waals surface area (Å²) in [6.45, 7) is 6.35. The van der Waals surface area contributed by atoms with Gasteiger partial charge in [0.15, 0.2) is 0 Å². The van der Waals surface area contributed by atoms with Crippen molar-refractivity contribution in [3.63, 3.8) is 0 Å². The van der Waals surface area contributed by atoms with E-state index in [1.165, 1.54) is 6.42 Å². The van der Waals surface area contributed by atoms with Crippen LogP contribution in [0.3, 0.4) is 0 Å². The maximum atomic E-state index is 6.14. The maximum absolute atomic E-state index is 6.14. The molecule has 1 N–H and O–H groups in total. The fraction of sp³-hybridized carbons (Fsp3) is 0.571. The van der Waals surface area contributed by atoms with Crippen LogP contribution in [0.15, 0.2) is 18.2 Å². The number of halogens is 2. The molecule has 102 valence electrons. The van der Waals surface area contributed by atoms with E-state index in [1.807, 2.05) is 18.2 Å². The van der Waals surface area contributed by atoms with Crippen molar-refractivity contribution < 1.29 is 0 Å². The van der Waals surface area contributed by atoms with E-state index < -0.39 is 0 Å². The Hall–Kier alpha value is -0.280. The quantitative estimate of drug-likeness (QED) is 0.737. The minimum absolute atomic E-state index is 0.752. The Balaban J connectivity index is 2.29. The van der Waals surface area contributed by atoms with Crippen molar-refractivity contribution in [1.29, 1.82) is 0 Å². The summed E-state index contributed by atoms with van der Waals surface area (Å²) in [6, 6.07) is 5.64. The number of hydrogen-bond donors (Lipinski definition) is 1. The Morgan fingerprint density at radius 2 is 1.94 bits per heavy atom. The summed E-state index contributed by atoms with van der Waals surface area (Å²) in [4.78, 5) is 2.31. The van der Waals surface area contributed by atoms with E-state index in [0.29, 0.717) is 0 Å². The highest BCUT2D eigenvalue weighted by Gasteiger charge is 2.04. The Bertz CT molecular complexity index is 356. The van der Waals surface area contributed by atoms with Crippen molar-refractivity contribution >= 4 is 23.2 Å². The lowest BCUT2D eigenvalue weighted by molar-refractivity contribution is 0.336. The van der Waals surface area contributed by atoms with E-state index in [4.69, 9.17) is 23.2 Å². The van der Waals surface area contributed by atoms with Gasteiger partial charge in [-0.25, -0.2) is 0 Å². The molecule has 0 aliphatic carbocycles. The molecule has 0 unspecified atom stereocenters.